The molecule has 0 fully saturated rings. The van der Waals surface area contributed by atoms with Crippen molar-refractivity contribution in [2.45, 2.75) is 26.2 Å². The monoisotopic (exact) mass is 241 g/mol. The van der Waals surface area contributed by atoms with Crippen molar-refractivity contribution in [2.75, 3.05) is 7.11 Å². The van der Waals surface area contributed by atoms with Gasteiger partial charge in [-0.25, -0.2) is 4.98 Å². The summed E-state index contributed by atoms with van der Waals surface area (Å²) < 4.78 is 4.60. The number of rotatable bonds is 5. The van der Waals surface area contributed by atoms with E-state index < -0.39 is 0 Å². The molecule has 1 heterocycles. The van der Waals surface area contributed by atoms with Crippen molar-refractivity contribution in [3.8, 4) is 0 Å². The molecule has 0 saturated heterocycles. The van der Waals surface area contributed by atoms with Gasteiger partial charge in [-0.15, -0.1) is 0 Å². The van der Waals surface area contributed by atoms with Gasteiger partial charge in [0.25, 0.3) is 0 Å². The molecule has 1 unspecified atom stereocenters. The van der Waals surface area contributed by atoms with Crippen molar-refractivity contribution in [3.63, 3.8) is 0 Å². The topological polar surface area (TPSA) is 39.2 Å². The summed E-state index contributed by atoms with van der Waals surface area (Å²) in [4.78, 5) is 15.0. The van der Waals surface area contributed by atoms with E-state index in [-0.39, 0.29) is 5.97 Å². The molecule has 1 aromatic heterocycles. The maximum atomic E-state index is 11.0. The molecule has 0 N–H and O–H groups in total. The predicted octanol–water partition coefficient (Wildman–Crippen LogP) is 2.87. The van der Waals surface area contributed by atoms with Crippen molar-refractivity contribution >= 4 is 17.6 Å². The first kappa shape index (κ1) is 13.0. The number of carbonyl (C=O) groups is 1. The van der Waals surface area contributed by atoms with Crippen LogP contribution in [-0.2, 0) is 16.0 Å². The van der Waals surface area contributed by atoms with Gasteiger partial charge in [0.1, 0.15) is 5.15 Å². The Kier molecular flexibility index (Phi) is 5.26. The van der Waals surface area contributed by atoms with Crippen LogP contribution in [0.1, 0.15) is 25.3 Å². The molecule has 0 aliphatic rings. The summed E-state index contributed by atoms with van der Waals surface area (Å²) in [5.41, 5.74) is 1.03. The van der Waals surface area contributed by atoms with Gasteiger partial charge in [0.2, 0.25) is 0 Å². The van der Waals surface area contributed by atoms with Crippen molar-refractivity contribution < 1.29 is 9.53 Å². The third-order valence-corrected chi connectivity index (χ3v) is 2.81. The maximum absolute atomic E-state index is 11.0. The smallest absolute Gasteiger partial charge is 0.305 e. The third-order valence-electron chi connectivity index (χ3n) is 2.47. The molecule has 1 aromatic rings. The number of pyridine rings is 1. The minimum Gasteiger partial charge on any atom is -0.469 e. The summed E-state index contributed by atoms with van der Waals surface area (Å²) in [6.07, 6.45) is 3.77. The summed E-state index contributed by atoms with van der Waals surface area (Å²) in [5, 5.41) is 0.549. The number of hydrogen-bond acceptors (Lipinski definition) is 3. The van der Waals surface area contributed by atoms with E-state index >= 15 is 0 Å². The zero-order valence-corrected chi connectivity index (χ0v) is 10.3. The highest BCUT2D eigenvalue weighted by molar-refractivity contribution is 6.30. The Bertz CT molecular complexity index is 355. The zero-order valence-electron chi connectivity index (χ0n) is 9.57. The van der Waals surface area contributed by atoms with Gasteiger partial charge in [-0.1, -0.05) is 24.6 Å². The van der Waals surface area contributed by atoms with Crippen LogP contribution in [0, 0.1) is 5.92 Å². The van der Waals surface area contributed by atoms with Crippen LogP contribution in [0.3, 0.4) is 0 Å². The first-order chi connectivity index (χ1) is 7.63. The summed E-state index contributed by atoms with van der Waals surface area (Å²) in [6.45, 7) is 2.09. The molecule has 4 heteroatoms. The fourth-order valence-electron chi connectivity index (χ4n) is 1.52. The van der Waals surface area contributed by atoms with Gasteiger partial charge < -0.3 is 4.74 Å². The molecular weight excluding hydrogens is 226 g/mol. The van der Waals surface area contributed by atoms with Gasteiger partial charge in [0, 0.05) is 12.6 Å². The number of ether oxygens (including phenoxy) is 1. The van der Waals surface area contributed by atoms with E-state index in [4.69, 9.17) is 11.6 Å². The minimum absolute atomic E-state index is 0.163. The van der Waals surface area contributed by atoms with E-state index in [1.54, 1.807) is 6.20 Å². The van der Waals surface area contributed by atoms with Crippen LogP contribution in [-0.4, -0.2) is 18.1 Å². The second-order valence-corrected chi connectivity index (χ2v) is 4.24. The average molecular weight is 242 g/mol. The number of nitrogens with zero attached hydrogens (tertiary/aromatic N) is 1. The summed E-state index contributed by atoms with van der Waals surface area (Å²) >= 11 is 5.96. The SMILES string of the molecule is COC(=O)CCC(C)Cc1cccnc1Cl. The van der Waals surface area contributed by atoms with Gasteiger partial charge in [-0.2, -0.15) is 0 Å². The van der Waals surface area contributed by atoms with Gasteiger partial charge in [0.15, 0.2) is 0 Å². The molecule has 0 aliphatic carbocycles. The second kappa shape index (κ2) is 6.48. The molecule has 1 rings (SSSR count). The van der Waals surface area contributed by atoms with Crippen LogP contribution in [0.25, 0.3) is 0 Å². The summed E-state index contributed by atoms with van der Waals surface area (Å²) in [6, 6.07) is 3.83. The Morgan fingerprint density at radius 3 is 3.00 bits per heavy atom. The van der Waals surface area contributed by atoms with Crippen molar-refractivity contribution in [2.24, 2.45) is 5.92 Å². The molecule has 0 spiro atoms. The Hall–Kier alpha value is -1.09. The van der Waals surface area contributed by atoms with Crippen LogP contribution >= 0.6 is 11.6 Å². The number of methoxy groups -OCH3 is 1. The Labute approximate surface area is 101 Å². The van der Waals surface area contributed by atoms with E-state index in [2.05, 4.69) is 16.6 Å². The normalized spacial score (nSPS) is 12.2. The lowest BCUT2D eigenvalue weighted by molar-refractivity contribution is -0.140. The molecular formula is C12H16ClNO2. The fourth-order valence-corrected chi connectivity index (χ4v) is 1.71. The average Bonchev–Trinajstić information content (AvgIpc) is 2.29. The number of hydrogen-bond donors (Lipinski definition) is 0. The highest BCUT2D eigenvalue weighted by atomic mass is 35.5. The van der Waals surface area contributed by atoms with Crippen LogP contribution in [0.15, 0.2) is 18.3 Å². The van der Waals surface area contributed by atoms with E-state index in [1.165, 1.54) is 7.11 Å². The number of esters is 1. The second-order valence-electron chi connectivity index (χ2n) is 3.88. The highest BCUT2D eigenvalue weighted by Gasteiger charge is 2.09. The van der Waals surface area contributed by atoms with Crippen LogP contribution in [0.4, 0.5) is 0 Å². The highest BCUT2D eigenvalue weighted by Crippen LogP contribution is 2.19. The molecule has 3 nitrogen and oxygen atoms in total. The lowest BCUT2D eigenvalue weighted by atomic mass is 9.98. The van der Waals surface area contributed by atoms with Crippen molar-refractivity contribution in [3.05, 3.63) is 29.0 Å². The quantitative estimate of drug-likeness (QED) is 0.588. The predicted molar refractivity (Wildman–Crippen MR) is 63.4 cm³/mol. The molecule has 0 amide bonds. The minimum atomic E-state index is -0.163. The van der Waals surface area contributed by atoms with Crippen molar-refractivity contribution in [1.82, 2.24) is 4.98 Å². The molecule has 16 heavy (non-hydrogen) atoms. The summed E-state index contributed by atoms with van der Waals surface area (Å²) in [7, 11) is 1.41. The van der Waals surface area contributed by atoms with Gasteiger partial charge >= 0.3 is 5.97 Å². The van der Waals surface area contributed by atoms with E-state index in [1.807, 2.05) is 12.1 Å². The first-order valence-electron chi connectivity index (χ1n) is 5.29. The third kappa shape index (κ3) is 4.19. The molecule has 88 valence electrons. The Balaban J connectivity index is 2.43. The van der Waals surface area contributed by atoms with Crippen LogP contribution < -0.4 is 0 Å². The van der Waals surface area contributed by atoms with E-state index in [9.17, 15) is 4.79 Å². The summed E-state index contributed by atoms with van der Waals surface area (Å²) in [5.74, 6) is 0.227. The zero-order chi connectivity index (χ0) is 12.0. The largest absolute Gasteiger partial charge is 0.469 e. The Morgan fingerprint density at radius 2 is 2.38 bits per heavy atom. The van der Waals surface area contributed by atoms with E-state index in [0.717, 1.165) is 18.4 Å². The lowest BCUT2D eigenvalue weighted by Gasteiger charge is -2.11. The molecule has 0 saturated carbocycles. The lowest BCUT2D eigenvalue weighted by Crippen LogP contribution is -2.06. The number of carbonyl (C=O) groups excluding carboxylic acids is 1. The van der Waals surface area contributed by atoms with Gasteiger partial charge in [-0.05, 0) is 30.4 Å². The number of halogens is 1. The number of aromatic nitrogens is 1. The molecule has 1 atom stereocenters. The van der Waals surface area contributed by atoms with Gasteiger partial charge in [0.05, 0.1) is 7.11 Å². The van der Waals surface area contributed by atoms with E-state index in [0.29, 0.717) is 17.5 Å². The molecule has 0 aliphatic heterocycles. The Morgan fingerprint density at radius 1 is 1.62 bits per heavy atom. The van der Waals surface area contributed by atoms with Crippen LogP contribution in [0.2, 0.25) is 5.15 Å². The first-order valence-corrected chi connectivity index (χ1v) is 5.67. The standard InChI is InChI=1S/C12H16ClNO2/c1-9(5-6-11(15)16-2)8-10-4-3-7-14-12(10)13/h3-4,7,9H,5-6,8H2,1-2H3. The fraction of sp³-hybridized carbons (Fsp3) is 0.500. The molecule has 0 aromatic carbocycles. The molecule has 0 radical (unpaired) electrons. The van der Waals surface area contributed by atoms with Crippen molar-refractivity contribution in [1.29, 1.82) is 0 Å². The van der Waals surface area contributed by atoms with Crippen LogP contribution in [0.5, 0.6) is 0 Å². The molecule has 0 bridgehead atoms. The maximum Gasteiger partial charge on any atom is 0.305 e. The van der Waals surface area contributed by atoms with Gasteiger partial charge in [-0.3, -0.25) is 4.79 Å².